The predicted octanol–water partition coefficient (Wildman–Crippen LogP) is 1.35. The maximum absolute atomic E-state index is 13.5. The van der Waals surface area contributed by atoms with Gasteiger partial charge in [-0.2, -0.15) is 0 Å². The van der Waals surface area contributed by atoms with Crippen LogP contribution in [0.3, 0.4) is 0 Å². The van der Waals surface area contributed by atoms with Gasteiger partial charge in [0.25, 0.3) is 5.91 Å². The van der Waals surface area contributed by atoms with E-state index in [1.165, 1.54) is 4.90 Å². The van der Waals surface area contributed by atoms with E-state index in [9.17, 15) is 9.59 Å². The van der Waals surface area contributed by atoms with Crippen molar-refractivity contribution < 1.29 is 19.2 Å². The second kappa shape index (κ2) is 8.80. The van der Waals surface area contributed by atoms with Crippen molar-refractivity contribution in [1.82, 2.24) is 10.2 Å². The van der Waals surface area contributed by atoms with Gasteiger partial charge in [0.05, 0.1) is 33.8 Å². The summed E-state index contributed by atoms with van der Waals surface area (Å²) in [7, 11) is 4.08. The average Bonchev–Trinajstić information content (AvgIpc) is 3.02. The number of quaternary nitrogens is 1. The first-order chi connectivity index (χ1) is 13.3. The van der Waals surface area contributed by atoms with Crippen molar-refractivity contribution in [3.63, 3.8) is 0 Å². The van der Waals surface area contributed by atoms with Crippen molar-refractivity contribution >= 4 is 23.4 Å². The number of hydrogen-bond donors (Lipinski definition) is 2. The van der Waals surface area contributed by atoms with Crippen LogP contribution in [0.25, 0.3) is 0 Å². The molecule has 1 aromatic rings. The third kappa shape index (κ3) is 4.50. The van der Waals surface area contributed by atoms with Gasteiger partial charge in [-0.05, 0) is 49.8 Å². The van der Waals surface area contributed by atoms with Crippen LogP contribution in [0.2, 0.25) is 5.02 Å². The number of carbonyl (C=O) groups is 2. The van der Waals surface area contributed by atoms with Crippen molar-refractivity contribution in [2.24, 2.45) is 5.92 Å². The van der Waals surface area contributed by atoms with Crippen molar-refractivity contribution in [1.29, 1.82) is 0 Å². The molecule has 1 heterocycles. The van der Waals surface area contributed by atoms with Gasteiger partial charge >= 0.3 is 0 Å². The molecule has 1 aliphatic carbocycles. The molecule has 1 aromatic carbocycles. The highest BCUT2D eigenvalue weighted by Crippen LogP contribution is 2.43. The lowest BCUT2D eigenvalue weighted by atomic mass is 9.83. The molecule has 2 fully saturated rings. The number of ether oxygens (including phenoxy) is 1. The SMILES string of the molecule is CC1CCC2(CC1)OC[C@H](C(=O)NCC[NH+](C)C)N2C(=O)c1cccc(Cl)c1. The summed E-state index contributed by atoms with van der Waals surface area (Å²) < 4.78 is 6.18. The van der Waals surface area contributed by atoms with Crippen molar-refractivity contribution in [2.75, 3.05) is 33.8 Å². The summed E-state index contributed by atoms with van der Waals surface area (Å²) in [5, 5.41) is 3.48. The molecule has 2 amide bonds. The highest BCUT2D eigenvalue weighted by molar-refractivity contribution is 6.31. The minimum absolute atomic E-state index is 0.146. The van der Waals surface area contributed by atoms with E-state index >= 15 is 0 Å². The van der Waals surface area contributed by atoms with Gasteiger partial charge < -0.3 is 15.0 Å². The third-order valence-corrected chi connectivity index (χ3v) is 6.07. The summed E-state index contributed by atoms with van der Waals surface area (Å²) in [5.74, 6) is 0.272. The van der Waals surface area contributed by atoms with Crippen LogP contribution in [-0.2, 0) is 9.53 Å². The maximum atomic E-state index is 13.5. The lowest BCUT2D eigenvalue weighted by molar-refractivity contribution is -0.856. The first kappa shape index (κ1) is 21.1. The fraction of sp³-hybridized carbons (Fsp3) is 0.619. The van der Waals surface area contributed by atoms with Crippen molar-refractivity contribution in [3.8, 4) is 0 Å². The van der Waals surface area contributed by atoms with E-state index in [2.05, 4.69) is 12.2 Å². The Kier molecular flexibility index (Phi) is 6.63. The normalized spacial score (nSPS) is 27.4. The number of benzene rings is 1. The minimum Gasteiger partial charge on any atom is -0.353 e. The summed E-state index contributed by atoms with van der Waals surface area (Å²) >= 11 is 6.11. The molecule has 0 radical (unpaired) electrons. The number of amides is 2. The Labute approximate surface area is 172 Å². The molecule has 0 bridgehead atoms. The summed E-state index contributed by atoms with van der Waals surface area (Å²) in [6.45, 7) is 3.85. The van der Waals surface area contributed by atoms with Crippen LogP contribution in [0.15, 0.2) is 24.3 Å². The monoisotopic (exact) mass is 408 g/mol. The fourth-order valence-corrected chi connectivity index (χ4v) is 4.28. The van der Waals surface area contributed by atoms with Gasteiger partial charge in [0.2, 0.25) is 5.91 Å². The molecule has 6 nitrogen and oxygen atoms in total. The van der Waals surface area contributed by atoms with Gasteiger partial charge in [0.1, 0.15) is 11.8 Å². The van der Waals surface area contributed by atoms with Crippen LogP contribution < -0.4 is 10.2 Å². The van der Waals surface area contributed by atoms with E-state index in [0.29, 0.717) is 23.0 Å². The van der Waals surface area contributed by atoms with E-state index in [4.69, 9.17) is 16.3 Å². The molecule has 0 unspecified atom stereocenters. The maximum Gasteiger partial charge on any atom is 0.256 e. The Morgan fingerprint density at radius 2 is 2.04 bits per heavy atom. The molecule has 0 aromatic heterocycles. The van der Waals surface area contributed by atoms with Crippen LogP contribution in [-0.4, -0.2) is 62.3 Å². The lowest BCUT2D eigenvalue weighted by Gasteiger charge is -2.43. The fourth-order valence-electron chi connectivity index (χ4n) is 4.09. The van der Waals surface area contributed by atoms with E-state index in [1.54, 1.807) is 29.2 Å². The topological polar surface area (TPSA) is 63.1 Å². The zero-order valence-electron chi connectivity index (χ0n) is 17.0. The number of halogens is 1. The van der Waals surface area contributed by atoms with Crippen LogP contribution in [0.5, 0.6) is 0 Å². The Morgan fingerprint density at radius 1 is 1.32 bits per heavy atom. The molecule has 1 spiro atoms. The zero-order valence-corrected chi connectivity index (χ0v) is 17.7. The molecule has 1 saturated carbocycles. The Balaban J connectivity index is 1.85. The molecular formula is C21H31ClN3O3+. The number of rotatable bonds is 5. The first-order valence-electron chi connectivity index (χ1n) is 10.1. The molecule has 2 N–H and O–H groups in total. The zero-order chi connectivity index (χ0) is 20.3. The van der Waals surface area contributed by atoms with Gasteiger partial charge in [-0.15, -0.1) is 0 Å². The Bertz CT molecular complexity index is 717. The van der Waals surface area contributed by atoms with Gasteiger partial charge in [-0.3, -0.25) is 14.5 Å². The van der Waals surface area contributed by atoms with E-state index < -0.39 is 11.8 Å². The summed E-state index contributed by atoms with van der Waals surface area (Å²) in [6.07, 6.45) is 3.48. The number of hydrogen-bond acceptors (Lipinski definition) is 3. The van der Waals surface area contributed by atoms with E-state index in [-0.39, 0.29) is 18.4 Å². The highest BCUT2D eigenvalue weighted by Gasteiger charge is 2.53. The Morgan fingerprint density at radius 3 is 2.68 bits per heavy atom. The molecule has 1 saturated heterocycles. The number of carbonyl (C=O) groups excluding carboxylic acids is 2. The van der Waals surface area contributed by atoms with Crippen LogP contribution in [0.4, 0.5) is 0 Å². The molecule has 28 heavy (non-hydrogen) atoms. The van der Waals surface area contributed by atoms with Gasteiger partial charge in [-0.1, -0.05) is 24.6 Å². The van der Waals surface area contributed by atoms with Gasteiger partial charge in [0, 0.05) is 10.6 Å². The third-order valence-electron chi connectivity index (χ3n) is 5.83. The van der Waals surface area contributed by atoms with Crippen LogP contribution in [0, 0.1) is 5.92 Å². The number of nitrogens with one attached hydrogen (secondary N) is 2. The molecule has 154 valence electrons. The number of nitrogens with zero attached hydrogens (tertiary/aromatic N) is 1. The summed E-state index contributed by atoms with van der Waals surface area (Å²) in [5.41, 5.74) is -0.202. The highest BCUT2D eigenvalue weighted by atomic mass is 35.5. The van der Waals surface area contributed by atoms with Crippen LogP contribution in [0.1, 0.15) is 43.0 Å². The quantitative estimate of drug-likeness (QED) is 0.773. The summed E-state index contributed by atoms with van der Waals surface area (Å²) in [6, 6.07) is 6.29. The largest absolute Gasteiger partial charge is 0.353 e. The second-order valence-corrected chi connectivity index (χ2v) is 8.83. The van der Waals surface area contributed by atoms with E-state index in [0.717, 1.165) is 32.2 Å². The number of likely N-dealkylation sites (N-methyl/N-ethyl adjacent to an activating group) is 1. The lowest BCUT2D eigenvalue weighted by Crippen LogP contribution is -3.06. The van der Waals surface area contributed by atoms with E-state index in [1.807, 2.05) is 14.1 Å². The van der Waals surface area contributed by atoms with Crippen molar-refractivity contribution in [2.45, 2.75) is 44.4 Å². The summed E-state index contributed by atoms with van der Waals surface area (Å²) in [4.78, 5) is 29.3. The Hall–Kier alpha value is -1.63. The molecular weight excluding hydrogens is 378 g/mol. The molecule has 1 atom stereocenters. The predicted molar refractivity (Wildman–Crippen MR) is 108 cm³/mol. The second-order valence-electron chi connectivity index (χ2n) is 8.39. The minimum atomic E-state index is -0.694. The smallest absolute Gasteiger partial charge is 0.256 e. The van der Waals surface area contributed by atoms with Gasteiger partial charge in [-0.25, -0.2) is 0 Å². The molecule has 1 aliphatic heterocycles. The molecule has 3 rings (SSSR count). The van der Waals surface area contributed by atoms with Crippen LogP contribution >= 0.6 is 11.6 Å². The average molecular weight is 409 g/mol. The first-order valence-corrected chi connectivity index (χ1v) is 10.5. The van der Waals surface area contributed by atoms with Crippen molar-refractivity contribution in [3.05, 3.63) is 34.9 Å². The van der Waals surface area contributed by atoms with Gasteiger partial charge in [0.15, 0.2) is 0 Å². The molecule has 7 heteroatoms. The standard InChI is InChI=1S/C21H30ClN3O3/c1-15-7-9-21(10-8-15)25(20(27)16-5-4-6-17(22)13-16)18(14-28-21)19(26)23-11-12-24(2)3/h4-6,13,15,18H,7-12,14H2,1-3H3,(H,23,26)/p+1/t15?,18-,21?/m1/s1. The molecule has 2 aliphatic rings.